The van der Waals surface area contributed by atoms with Gasteiger partial charge in [0.1, 0.15) is 0 Å². The zero-order valence-corrected chi connectivity index (χ0v) is 13.2. The maximum atomic E-state index is 5.84. The Morgan fingerprint density at radius 1 is 0.583 bits per heavy atom. The van der Waals surface area contributed by atoms with E-state index in [2.05, 4.69) is 71.7 Å². The van der Waals surface area contributed by atoms with Crippen molar-refractivity contribution < 1.29 is 0 Å². The molecule has 0 aliphatic rings. The van der Waals surface area contributed by atoms with Gasteiger partial charge in [0.15, 0.2) is 0 Å². The highest BCUT2D eigenvalue weighted by Gasteiger charge is 2.13. The maximum absolute atomic E-state index is 5.84. The second-order valence-corrected chi connectivity index (χ2v) is 5.83. The molecule has 1 aromatic heterocycles. The van der Waals surface area contributed by atoms with E-state index >= 15 is 0 Å². The van der Waals surface area contributed by atoms with Crippen LogP contribution in [0.25, 0.3) is 33.6 Å². The number of H-pyrrole nitrogens is 1. The van der Waals surface area contributed by atoms with Crippen LogP contribution in [0.2, 0.25) is 0 Å². The van der Waals surface area contributed by atoms with E-state index in [0.717, 1.165) is 22.6 Å². The SMILES string of the molecule is Nc1ccc(-c2cc(-c3ccccc3)[nH]c2-c2ccccc2)cc1. The Morgan fingerprint density at radius 2 is 1.17 bits per heavy atom. The molecule has 0 unspecified atom stereocenters. The first-order valence-electron chi connectivity index (χ1n) is 8.01. The van der Waals surface area contributed by atoms with Gasteiger partial charge in [0.05, 0.1) is 5.69 Å². The fourth-order valence-corrected chi connectivity index (χ4v) is 2.95. The fourth-order valence-electron chi connectivity index (χ4n) is 2.95. The number of nitrogen functional groups attached to an aromatic ring is 1. The van der Waals surface area contributed by atoms with Gasteiger partial charge in [0, 0.05) is 16.9 Å². The van der Waals surface area contributed by atoms with Crippen LogP contribution in [0.3, 0.4) is 0 Å². The van der Waals surface area contributed by atoms with Crippen molar-refractivity contribution in [1.29, 1.82) is 0 Å². The van der Waals surface area contributed by atoms with Crippen molar-refractivity contribution in [3.63, 3.8) is 0 Å². The molecule has 0 aliphatic carbocycles. The Kier molecular flexibility index (Phi) is 3.64. The summed E-state index contributed by atoms with van der Waals surface area (Å²) in [7, 11) is 0. The van der Waals surface area contributed by atoms with E-state index in [1.165, 1.54) is 16.7 Å². The highest BCUT2D eigenvalue weighted by atomic mass is 14.7. The summed E-state index contributed by atoms with van der Waals surface area (Å²) in [6.07, 6.45) is 0. The third-order valence-electron chi connectivity index (χ3n) is 4.19. The molecule has 24 heavy (non-hydrogen) atoms. The smallest absolute Gasteiger partial charge is 0.0538 e. The van der Waals surface area contributed by atoms with E-state index in [-0.39, 0.29) is 0 Å². The van der Waals surface area contributed by atoms with Gasteiger partial charge in [-0.1, -0.05) is 72.8 Å². The Hall–Kier alpha value is -3.26. The van der Waals surface area contributed by atoms with Gasteiger partial charge >= 0.3 is 0 Å². The van der Waals surface area contributed by atoms with Crippen LogP contribution < -0.4 is 5.73 Å². The third kappa shape index (κ3) is 2.70. The third-order valence-corrected chi connectivity index (χ3v) is 4.19. The molecule has 116 valence electrons. The van der Waals surface area contributed by atoms with Crippen LogP contribution in [0.15, 0.2) is 91.0 Å². The quantitative estimate of drug-likeness (QED) is 0.475. The first kappa shape index (κ1) is 14.3. The molecule has 1 heterocycles. The molecule has 2 nitrogen and oxygen atoms in total. The van der Waals surface area contributed by atoms with Crippen molar-refractivity contribution >= 4 is 5.69 Å². The second kappa shape index (κ2) is 6.09. The number of nitrogens with two attached hydrogens (primary N) is 1. The minimum absolute atomic E-state index is 0.777. The zero-order chi connectivity index (χ0) is 16.4. The number of rotatable bonds is 3. The first-order chi connectivity index (χ1) is 11.8. The number of anilines is 1. The summed E-state index contributed by atoms with van der Waals surface area (Å²) in [5.41, 5.74) is 13.5. The number of hydrogen-bond donors (Lipinski definition) is 2. The first-order valence-corrected chi connectivity index (χ1v) is 8.01. The number of benzene rings is 3. The number of aromatic nitrogens is 1. The molecule has 4 rings (SSSR count). The Bertz CT molecular complexity index is 936. The zero-order valence-electron chi connectivity index (χ0n) is 13.2. The average molecular weight is 310 g/mol. The summed E-state index contributed by atoms with van der Waals surface area (Å²) in [6, 6.07) is 31.0. The van der Waals surface area contributed by atoms with E-state index in [4.69, 9.17) is 5.73 Å². The minimum Gasteiger partial charge on any atom is -0.399 e. The van der Waals surface area contributed by atoms with Crippen LogP contribution in [0.5, 0.6) is 0 Å². The molecule has 0 saturated carbocycles. The van der Waals surface area contributed by atoms with Crippen molar-refractivity contribution in [2.24, 2.45) is 0 Å². The molecule has 0 fully saturated rings. The number of hydrogen-bond acceptors (Lipinski definition) is 1. The fraction of sp³-hybridized carbons (Fsp3) is 0. The highest BCUT2D eigenvalue weighted by molar-refractivity contribution is 5.86. The molecule has 0 radical (unpaired) electrons. The number of aromatic amines is 1. The molecule has 0 spiro atoms. The van der Waals surface area contributed by atoms with Crippen LogP contribution >= 0.6 is 0 Å². The summed E-state index contributed by atoms with van der Waals surface area (Å²) >= 11 is 0. The van der Waals surface area contributed by atoms with E-state index in [1.54, 1.807) is 0 Å². The van der Waals surface area contributed by atoms with E-state index in [0.29, 0.717) is 0 Å². The largest absolute Gasteiger partial charge is 0.399 e. The molecule has 4 aromatic rings. The minimum atomic E-state index is 0.777. The summed E-state index contributed by atoms with van der Waals surface area (Å²) in [5, 5.41) is 0. The second-order valence-electron chi connectivity index (χ2n) is 5.83. The lowest BCUT2D eigenvalue weighted by Gasteiger charge is -2.05. The van der Waals surface area contributed by atoms with Crippen molar-refractivity contribution in [2.45, 2.75) is 0 Å². The summed E-state index contributed by atoms with van der Waals surface area (Å²) < 4.78 is 0. The van der Waals surface area contributed by atoms with Crippen molar-refractivity contribution in [3.05, 3.63) is 91.0 Å². The predicted octanol–water partition coefficient (Wildman–Crippen LogP) is 5.60. The molecular weight excluding hydrogens is 292 g/mol. The van der Waals surface area contributed by atoms with Gasteiger partial charge in [-0.3, -0.25) is 0 Å². The van der Waals surface area contributed by atoms with Crippen LogP contribution in [0.1, 0.15) is 0 Å². The van der Waals surface area contributed by atoms with E-state index < -0.39 is 0 Å². The molecule has 3 N–H and O–H groups in total. The van der Waals surface area contributed by atoms with Gasteiger partial charge in [-0.15, -0.1) is 0 Å². The lowest BCUT2D eigenvalue weighted by atomic mass is 10.0. The lowest BCUT2D eigenvalue weighted by molar-refractivity contribution is 1.39. The molecule has 0 amide bonds. The van der Waals surface area contributed by atoms with Crippen molar-refractivity contribution in [3.8, 4) is 33.6 Å². The van der Waals surface area contributed by atoms with Crippen LogP contribution in [-0.4, -0.2) is 4.98 Å². The number of nitrogens with one attached hydrogen (secondary N) is 1. The highest BCUT2D eigenvalue weighted by Crippen LogP contribution is 2.36. The predicted molar refractivity (Wildman–Crippen MR) is 102 cm³/mol. The van der Waals surface area contributed by atoms with Gasteiger partial charge in [-0.25, -0.2) is 0 Å². The maximum Gasteiger partial charge on any atom is 0.0538 e. The van der Waals surface area contributed by atoms with Crippen molar-refractivity contribution in [2.75, 3.05) is 5.73 Å². The van der Waals surface area contributed by atoms with E-state index in [9.17, 15) is 0 Å². The summed E-state index contributed by atoms with van der Waals surface area (Å²) in [6.45, 7) is 0. The Morgan fingerprint density at radius 3 is 1.79 bits per heavy atom. The van der Waals surface area contributed by atoms with Crippen LogP contribution in [0, 0.1) is 0 Å². The van der Waals surface area contributed by atoms with Crippen LogP contribution in [0.4, 0.5) is 5.69 Å². The molecule has 0 bridgehead atoms. The molecule has 3 aromatic carbocycles. The lowest BCUT2D eigenvalue weighted by Crippen LogP contribution is -1.85. The van der Waals surface area contributed by atoms with E-state index in [1.807, 2.05) is 24.3 Å². The monoisotopic (exact) mass is 310 g/mol. The topological polar surface area (TPSA) is 41.8 Å². The van der Waals surface area contributed by atoms with Gasteiger partial charge in [-0.05, 0) is 34.9 Å². The van der Waals surface area contributed by atoms with Gasteiger partial charge in [0.2, 0.25) is 0 Å². The molecule has 0 saturated heterocycles. The molecular formula is C22H18N2. The average Bonchev–Trinajstić information content (AvgIpc) is 3.09. The summed E-state index contributed by atoms with van der Waals surface area (Å²) in [4.78, 5) is 3.60. The normalized spacial score (nSPS) is 10.7. The standard InChI is InChI=1S/C22H18N2/c23-19-13-11-16(12-14-19)20-15-21(17-7-3-1-4-8-17)24-22(20)18-9-5-2-6-10-18/h1-15,24H,23H2. The molecule has 0 atom stereocenters. The van der Waals surface area contributed by atoms with Gasteiger partial charge in [0.25, 0.3) is 0 Å². The molecule has 2 heteroatoms. The van der Waals surface area contributed by atoms with Crippen LogP contribution in [-0.2, 0) is 0 Å². The Balaban J connectivity index is 1.90. The van der Waals surface area contributed by atoms with Gasteiger partial charge in [-0.2, -0.15) is 0 Å². The molecule has 0 aliphatic heterocycles. The Labute approximate surface area is 141 Å². The van der Waals surface area contributed by atoms with Crippen molar-refractivity contribution in [1.82, 2.24) is 4.98 Å². The van der Waals surface area contributed by atoms with Gasteiger partial charge < -0.3 is 10.7 Å². The summed E-state index contributed by atoms with van der Waals surface area (Å²) in [5.74, 6) is 0.